The zero-order chi connectivity index (χ0) is 10.0. The van der Waals surface area contributed by atoms with Crippen LogP contribution >= 0.6 is 0 Å². The molecule has 0 fully saturated rings. The SMILES string of the molecule is COC(=O)c1cc(C)c(O)c(O)c1. The summed E-state index contributed by atoms with van der Waals surface area (Å²) in [5.41, 5.74) is 0.649. The third-order valence-corrected chi connectivity index (χ3v) is 1.70. The Morgan fingerprint density at radius 1 is 1.38 bits per heavy atom. The highest BCUT2D eigenvalue weighted by Crippen LogP contribution is 2.29. The van der Waals surface area contributed by atoms with Crippen LogP contribution in [0.1, 0.15) is 15.9 Å². The highest BCUT2D eigenvalue weighted by molar-refractivity contribution is 5.90. The van der Waals surface area contributed by atoms with Gasteiger partial charge in [0.05, 0.1) is 12.7 Å². The lowest BCUT2D eigenvalue weighted by atomic mass is 10.1. The van der Waals surface area contributed by atoms with Crippen molar-refractivity contribution in [1.29, 1.82) is 0 Å². The van der Waals surface area contributed by atoms with Gasteiger partial charge in [0, 0.05) is 0 Å². The van der Waals surface area contributed by atoms with Gasteiger partial charge in [0.2, 0.25) is 0 Å². The summed E-state index contributed by atoms with van der Waals surface area (Å²) in [7, 11) is 1.25. The molecule has 1 aromatic rings. The van der Waals surface area contributed by atoms with E-state index in [2.05, 4.69) is 4.74 Å². The molecule has 0 aliphatic heterocycles. The molecule has 0 amide bonds. The average molecular weight is 182 g/mol. The van der Waals surface area contributed by atoms with Crippen LogP contribution in [0.25, 0.3) is 0 Å². The number of hydrogen-bond donors (Lipinski definition) is 2. The monoisotopic (exact) mass is 182 g/mol. The second-order valence-corrected chi connectivity index (χ2v) is 2.65. The van der Waals surface area contributed by atoms with E-state index in [1.54, 1.807) is 6.92 Å². The molecule has 4 heteroatoms. The molecule has 0 spiro atoms. The van der Waals surface area contributed by atoms with Crippen LogP contribution in [0, 0.1) is 6.92 Å². The Labute approximate surface area is 75.4 Å². The van der Waals surface area contributed by atoms with E-state index in [1.807, 2.05) is 0 Å². The van der Waals surface area contributed by atoms with Crippen LogP contribution in [0.3, 0.4) is 0 Å². The molecular weight excluding hydrogens is 172 g/mol. The molecule has 1 rings (SSSR count). The van der Waals surface area contributed by atoms with Crippen LogP contribution in [0.2, 0.25) is 0 Å². The zero-order valence-corrected chi connectivity index (χ0v) is 7.37. The van der Waals surface area contributed by atoms with E-state index >= 15 is 0 Å². The number of esters is 1. The van der Waals surface area contributed by atoms with Crippen molar-refractivity contribution in [2.24, 2.45) is 0 Å². The normalized spacial score (nSPS) is 9.69. The Morgan fingerprint density at radius 2 is 2.00 bits per heavy atom. The third-order valence-electron chi connectivity index (χ3n) is 1.70. The average Bonchev–Trinajstić information content (AvgIpc) is 2.12. The van der Waals surface area contributed by atoms with Crippen LogP contribution in [0.5, 0.6) is 11.5 Å². The van der Waals surface area contributed by atoms with Gasteiger partial charge in [-0.25, -0.2) is 4.79 Å². The van der Waals surface area contributed by atoms with E-state index in [4.69, 9.17) is 5.11 Å². The smallest absolute Gasteiger partial charge is 0.337 e. The number of aryl methyl sites for hydroxylation is 1. The molecule has 0 aliphatic carbocycles. The van der Waals surface area contributed by atoms with Gasteiger partial charge >= 0.3 is 5.97 Å². The van der Waals surface area contributed by atoms with Crippen molar-refractivity contribution in [2.75, 3.05) is 7.11 Å². The van der Waals surface area contributed by atoms with Gasteiger partial charge in [-0.05, 0) is 24.6 Å². The maximum Gasteiger partial charge on any atom is 0.337 e. The maximum atomic E-state index is 11.0. The Kier molecular flexibility index (Phi) is 2.41. The highest BCUT2D eigenvalue weighted by Gasteiger charge is 2.11. The standard InChI is InChI=1S/C9H10O4/c1-5-3-6(9(12)13-2)4-7(10)8(5)11/h3-4,10-11H,1-2H3. The molecule has 0 heterocycles. The molecule has 0 atom stereocenters. The molecule has 0 saturated carbocycles. The fraction of sp³-hybridized carbons (Fsp3) is 0.222. The van der Waals surface area contributed by atoms with Crippen molar-refractivity contribution < 1.29 is 19.7 Å². The number of phenolic OH excluding ortho intramolecular Hbond substituents is 2. The van der Waals surface area contributed by atoms with Crippen LogP contribution < -0.4 is 0 Å². The summed E-state index contributed by atoms with van der Waals surface area (Å²) in [6.07, 6.45) is 0. The van der Waals surface area contributed by atoms with Crippen molar-refractivity contribution >= 4 is 5.97 Å². The summed E-state index contributed by atoms with van der Waals surface area (Å²) in [6.45, 7) is 1.58. The van der Waals surface area contributed by atoms with E-state index in [0.29, 0.717) is 5.56 Å². The number of benzene rings is 1. The first-order valence-electron chi connectivity index (χ1n) is 3.67. The Bertz CT molecular complexity index is 320. The van der Waals surface area contributed by atoms with Crippen LogP contribution in [-0.4, -0.2) is 23.3 Å². The van der Waals surface area contributed by atoms with E-state index in [1.165, 1.54) is 13.2 Å². The van der Waals surface area contributed by atoms with Gasteiger partial charge in [-0.2, -0.15) is 0 Å². The molecule has 70 valence electrons. The van der Waals surface area contributed by atoms with Crippen LogP contribution in [-0.2, 0) is 4.74 Å². The predicted molar refractivity (Wildman–Crippen MR) is 45.8 cm³/mol. The molecule has 0 radical (unpaired) electrons. The Balaban J connectivity index is 3.20. The largest absolute Gasteiger partial charge is 0.504 e. The lowest BCUT2D eigenvalue weighted by molar-refractivity contribution is 0.0600. The number of rotatable bonds is 1. The molecular formula is C9H10O4. The summed E-state index contributed by atoms with van der Waals surface area (Å²) in [5, 5.41) is 18.4. The second-order valence-electron chi connectivity index (χ2n) is 2.65. The van der Waals surface area contributed by atoms with Crippen LogP contribution in [0.4, 0.5) is 0 Å². The predicted octanol–water partition coefficient (Wildman–Crippen LogP) is 1.19. The molecule has 0 aliphatic rings. The number of phenols is 2. The van der Waals surface area contributed by atoms with Gasteiger partial charge in [0.15, 0.2) is 11.5 Å². The van der Waals surface area contributed by atoms with Crippen molar-refractivity contribution in [2.45, 2.75) is 6.92 Å². The highest BCUT2D eigenvalue weighted by atomic mass is 16.5. The summed E-state index contributed by atoms with van der Waals surface area (Å²) >= 11 is 0. The molecule has 13 heavy (non-hydrogen) atoms. The topological polar surface area (TPSA) is 66.8 Å². The number of aromatic hydroxyl groups is 2. The summed E-state index contributed by atoms with van der Waals surface area (Å²) in [6, 6.07) is 2.61. The Hall–Kier alpha value is -1.71. The molecule has 2 N–H and O–H groups in total. The van der Waals surface area contributed by atoms with Gasteiger partial charge in [-0.15, -0.1) is 0 Å². The minimum absolute atomic E-state index is 0.215. The third kappa shape index (κ3) is 1.72. The number of ether oxygens (including phenoxy) is 1. The van der Waals surface area contributed by atoms with Crippen molar-refractivity contribution in [3.05, 3.63) is 23.3 Å². The summed E-state index contributed by atoms with van der Waals surface area (Å²) < 4.78 is 4.45. The quantitative estimate of drug-likeness (QED) is 0.505. The molecule has 0 unspecified atom stereocenters. The molecule has 0 aromatic heterocycles. The van der Waals surface area contributed by atoms with Crippen LogP contribution in [0.15, 0.2) is 12.1 Å². The maximum absolute atomic E-state index is 11.0. The molecule has 4 nitrogen and oxygen atoms in total. The lowest BCUT2D eigenvalue weighted by Crippen LogP contribution is -2.01. The van der Waals surface area contributed by atoms with Crippen molar-refractivity contribution in [3.63, 3.8) is 0 Å². The first-order chi connectivity index (χ1) is 6.06. The Morgan fingerprint density at radius 3 is 2.46 bits per heavy atom. The minimum atomic E-state index is -0.543. The van der Waals surface area contributed by atoms with Gasteiger partial charge in [0.1, 0.15) is 0 Å². The number of carbonyl (C=O) groups is 1. The number of hydrogen-bond acceptors (Lipinski definition) is 4. The van der Waals surface area contributed by atoms with E-state index < -0.39 is 5.97 Å². The van der Waals surface area contributed by atoms with Gasteiger partial charge in [-0.3, -0.25) is 0 Å². The molecule has 0 bridgehead atoms. The van der Waals surface area contributed by atoms with Gasteiger partial charge < -0.3 is 14.9 Å². The zero-order valence-electron chi connectivity index (χ0n) is 7.37. The van der Waals surface area contributed by atoms with Crippen molar-refractivity contribution in [1.82, 2.24) is 0 Å². The summed E-state index contributed by atoms with van der Waals surface area (Å²) in [4.78, 5) is 11.0. The fourth-order valence-corrected chi connectivity index (χ4v) is 0.997. The first kappa shape index (κ1) is 9.38. The second kappa shape index (κ2) is 3.35. The van der Waals surface area contributed by atoms with Crippen molar-refractivity contribution in [3.8, 4) is 11.5 Å². The van der Waals surface area contributed by atoms with E-state index in [0.717, 1.165) is 6.07 Å². The van der Waals surface area contributed by atoms with Gasteiger partial charge in [-0.1, -0.05) is 0 Å². The van der Waals surface area contributed by atoms with E-state index in [9.17, 15) is 9.90 Å². The molecule has 0 saturated heterocycles. The minimum Gasteiger partial charge on any atom is -0.504 e. The number of carbonyl (C=O) groups excluding carboxylic acids is 1. The molecule has 1 aromatic carbocycles. The fourth-order valence-electron chi connectivity index (χ4n) is 0.997. The first-order valence-corrected chi connectivity index (χ1v) is 3.67. The summed E-state index contributed by atoms with van der Waals surface area (Å²) in [5.74, 6) is -1.08. The lowest BCUT2D eigenvalue weighted by Gasteiger charge is -2.04. The van der Waals surface area contributed by atoms with E-state index in [-0.39, 0.29) is 17.1 Å². The van der Waals surface area contributed by atoms with Gasteiger partial charge in [0.25, 0.3) is 0 Å². The number of methoxy groups -OCH3 is 1.